The van der Waals surface area contributed by atoms with Gasteiger partial charge in [-0.3, -0.25) is 14.5 Å². The fourth-order valence-electron chi connectivity index (χ4n) is 2.01. The van der Waals surface area contributed by atoms with Gasteiger partial charge in [0.25, 0.3) is 0 Å². The van der Waals surface area contributed by atoms with Gasteiger partial charge in [0, 0.05) is 19.4 Å². The van der Waals surface area contributed by atoms with E-state index < -0.39 is 0 Å². The van der Waals surface area contributed by atoms with E-state index in [4.69, 9.17) is 5.11 Å². The molecule has 1 rings (SSSR count). The van der Waals surface area contributed by atoms with Gasteiger partial charge < -0.3 is 5.11 Å². The van der Waals surface area contributed by atoms with Crippen LogP contribution in [0.3, 0.4) is 0 Å². The normalized spacial score (nSPS) is 22.4. The second kappa shape index (κ2) is 4.95. The van der Waals surface area contributed by atoms with Gasteiger partial charge in [0.2, 0.25) is 11.8 Å². The Labute approximate surface area is 96.6 Å². The van der Waals surface area contributed by atoms with Gasteiger partial charge >= 0.3 is 0 Å². The summed E-state index contributed by atoms with van der Waals surface area (Å²) in [6.07, 6.45) is 1.81. The summed E-state index contributed by atoms with van der Waals surface area (Å²) < 4.78 is 0. The number of amides is 2. The van der Waals surface area contributed by atoms with E-state index in [1.807, 2.05) is 13.8 Å². The molecular formula is C12H21NO3. The molecule has 0 aliphatic carbocycles. The number of aliphatic hydroxyl groups excluding tert-OH is 1. The summed E-state index contributed by atoms with van der Waals surface area (Å²) >= 11 is 0. The first-order chi connectivity index (χ1) is 7.32. The van der Waals surface area contributed by atoms with Crippen molar-refractivity contribution in [2.75, 3.05) is 6.54 Å². The van der Waals surface area contributed by atoms with Crippen LogP contribution in [-0.4, -0.2) is 34.5 Å². The molecule has 4 heteroatoms. The molecule has 2 amide bonds. The van der Waals surface area contributed by atoms with Crippen LogP contribution in [0.25, 0.3) is 0 Å². The van der Waals surface area contributed by atoms with E-state index in [2.05, 4.69) is 0 Å². The maximum atomic E-state index is 11.7. The Bertz CT molecular complexity index is 264. The Morgan fingerprint density at radius 3 is 2.25 bits per heavy atom. The summed E-state index contributed by atoms with van der Waals surface area (Å²) in [5.41, 5.74) is -0.199. The van der Waals surface area contributed by atoms with Crippen LogP contribution in [0.1, 0.15) is 46.5 Å². The number of hydrogen-bond donors (Lipinski definition) is 1. The van der Waals surface area contributed by atoms with Crippen LogP contribution in [0.15, 0.2) is 0 Å². The standard InChI is InChI=1S/C12H21NO3/c1-9(14)5-4-6-13-10(15)7-12(2,3)8-11(13)16/h9,14H,4-8H2,1-3H3. The van der Waals surface area contributed by atoms with Crippen LogP contribution >= 0.6 is 0 Å². The van der Waals surface area contributed by atoms with Crippen LogP contribution in [0.4, 0.5) is 0 Å². The van der Waals surface area contributed by atoms with E-state index in [0.717, 1.165) is 0 Å². The summed E-state index contributed by atoms with van der Waals surface area (Å²) in [6.45, 7) is 6.04. The van der Waals surface area contributed by atoms with E-state index in [1.54, 1.807) is 6.92 Å². The molecule has 92 valence electrons. The molecule has 1 N–H and O–H groups in total. The molecule has 1 aliphatic rings. The third kappa shape index (κ3) is 3.59. The van der Waals surface area contributed by atoms with E-state index >= 15 is 0 Å². The summed E-state index contributed by atoms with van der Waals surface area (Å²) in [5.74, 6) is -0.154. The monoisotopic (exact) mass is 227 g/mol. The highest BCUT2D eigenvalue weighted by Crippen LogP contribution is 2.31. The third-order valence-corrected chi connectivity index (χ3v) is 2.87. The Morgan fingerprint density at radius 1 is 1.31 bits per heavy atom. The molecule has 0 spiro atoms. The largest absolute Gasteiger partial charge is 0.393 e. The Kier molecular flexibility index (Phi) is 4.08. The molecule has 0 radical (unpaired) electrons. The van der Waals surface area contributed by atoms with Crippen LogP contribution in [0, 0.1) is 5.41 Å². The van der Waals surface area contributed by atoms with E-state index in [-0.39, 0.29) is 23.3 Å². The van der Waals surface area contributed by atoms with Gasteiger partial charge in [0.05, 0.1) is 6.10 Å². The highest BCUT2D eigenvalue weighted by Gasteiger charge is 2.36. The molecule has 1 saturated heterocycles. The minimum atomic E-state index is -0.369. The van der Waals surface area contributed by atoms with Crippen molar-refractivity contribution >= 4 is 11.8 Å². The lowest BCUT2D eigenvalue weighted by atomic mass is 9.81. The van der Waals surface area contributed by atoms with Crippen LogP contribution in [-0.2, 0) is 9.59 Å². The summed E-state index contributed by atoms with van der Waals surface area (Å²) in [4.78, 5) is 24.8. The average Bonchev–Trinajstić information content (AvgIpc) is 2.07. The number of hydrogen-bond acceptors (Lipinski definition) is 3. The topological polar surface area (TPSA) is 57.6 Å². The number of imide groups is 1. The van der Waals surface area contributed by atoms with Crippen molar-refractivity contribution in [3.05, 3.63) is 0 Å². The number of aliphatic hydroxyl groups is 1. The second-order valence-corrected chi connectivity index (χ2v) is 5.45. The molecule has 0 saturated carbocycles. The number of likely N-dealkylation sites (tertiary alicyclic amines) is 1. The number of rotatable bonds is 4. The molecule has 0 aromatic rings. The zero-order valence-corrected chi connectivity index (χ0v) is 10.3. The molecule has 0 aromatic heterocycles. The summed E-state index contributed by atoms with van der Waals surface area (Å²) in [5, 5.41) is 9.11. The minimum absolute atomic E-state index is 0.0770. The molecule has 1 unspecified atom stereocenters. The van der Waals surface area contributed by atoms with Crippen LogP contribution in [0.5, 0.6) is 0 Å². The van der Waals surface area contributed by atoms with Crippen molar-refractivity contribution < 1.29 is 14.7 Å². The number of piperidine rings is 1. The highest BCUT2D eigenvalue weighted by atomic mass is 16.3. The van der Waals surface area contributed by atoms with Gasteiger partial charge in [0.15, 0.2) is 0 Å². The maximum absolute atomic E-state index is 11.7. The molecule has 1 aliphatic heterocycles. The second-order valence-electron chi connectivity index (χ2n) is 5.45. The van der Waals surface area contributed by atoms with Gasteiger partial charge in [-0.2, -0.15) is 0 Å². The Balaban J connectivity index is 2.48. The zero-order valence-electron chi connectivity index (χ0n) is 10.3. The summed E-state index contributed by atoms with van der Waals surface area (Å²) in [7, 11) is 0. The molecular weight excluding hydrogens is 206 g/mol. The lowest BCUT2D eigenvalue weighted by Crippen LogP contribution is -2.46. The van der Waals surface area contributed by atoms with Crippen molar-refractivity contribution in [2.24, 2.45) is 5.41 Å². The van der Waals surface area contributed by atoms with E-state index in [0.29, 0.717) is 32.2 Å². The molecule has 16 heavy (non-hydrogen) atoms. The van der Waals surface area contributed by atoms with Gasteiger partial charge in [-0.05, 0) is 25.2 Å². The molecule has 0 aromatic carbocycles. The smallest absolute Gasteiger partial charge is 0.229 e. The quantitative estimate of drug-likeness (QED) is 0.737. The van der Waals surface area contributed by atoms with Crippen molar-refractivity contribution in [3.63, 3.8) is 0 Å². The van der Waals surface area contributed by atoms with Gasteiger partial charge in [-0.15, -0.1) is 0 Å². The van der Waals surface area contributed by atoms with E-state index in [1.165, 1.54) is 4.90 Å². The molecule has 4 nitrogen and oxygen atoms in total. The molecule has 1 fully saturated rings. The molecule has 1 heterocycles. The van der Waals surface area contributed by atoms with Gasteiger partial charge in [0.1, 0.15) is 0 Å². The van der Waals surface area contributed by atoms with E-state index in [9.17, 15) is 9.59 Å². The van der Waals surface area contributed by atoms with Crippen LogP contribution < -0.4 is 0 Å². The zero-order chi connectivity index (χ0) is 12.3. The van der Waals surface area contributed by atoms with Crippen molar-refractivity contribution in [2.45, 2.75) is 52.6 Å². The minimum Gasteiger partial charge on any atom is -0.393 e. The number of carbonyl (C=O) groups excluding carboxylic acids is 2. The lowest BCUT2D eigenvalue weighted by molar-refractivity contribution is -0.152. The highest BCUT2D eigenvalue weighted by molar-refractivity contribution is 5.98. The lowest BCUT2D eigenvalue weighted by Gasteiger charge is -2.34. The van der Waals surface area contributed by atoms with Gasteiger partial charge in [-0.25, -0.2) is 0 Å². The summed E-state index contributed by atoms with van der Waals surface area (Å²) in [6, 6.07) is 0. The van der Waals surface area contributed by atoms with Crippen molar-refractivity contribution in [1.29, 1.82) is 0 Å². The number of carbonyl (C=O) groups is 2. The fraction of sp³-hybridized carbons (Fsp3) is 0.833. The van der Waals surface area contributed by atoms with Crippen molar-refractivity contribution in [1.82, 2.24) is 4.90 Å². The maximum Gasteiger partial charge on any atom is 0.229 e. The number of nitrogens with zero attached hydrogens (tertiary/aromatic N) is 1. The molecule has 1 atom stereocenters. The average molecular weight is 227 g/mol. The first-order valence-electron chi connectivity index (χ1n) is 5.83. The van der Waals surface area contributed by atoms with Crippen LogP contribution in [0.2, 0.25) is 0 Å². The third-order valence-electron chi connectivity index (χ3n) is 2.87. The molecule has 0 bridgehead atoms. The predicted molar refractivity (Wildman–Crippen MR) is 60.6 cm³/mol. The van der Waals surface area contributed by atoms with Crippen molar-refractivity contribution in [3.8, 4) is 0 Å². The Morgan fingerprint density at radius 2 is 1.81 bits per heavy atom. The fourth-order valence-corrected chi connectivity index (χ4v) is 2.01. The first kappa shape index (κ1) is 13.2. The Hall–Kier alpha value is -0.900. The first-order valence-corrected chi connectivity index (χ1v) is 5.83. The SMILES string of the molecule is CC(O)CCCN1C(=O)CC(C)(C)CC1=O. The van der Waals surface area contributed by atoms with Gasteiger partial charge in [-0.1, -0.05) is 13.8 Å². The predicted octanol–water partition coefficient (Wildman–Crippen LogP) is 1.32.